The third kappa shape index (κ3) is 5.46. The Bertz CT molecular complexity index is 3110. The van der Waals surface area contributed by atoms with E-state index in [0.29, 0.717) is 0 Å². The normalized spacial score (nSPS) is 14.9. The Hall–Kier alpha value is -7.80. The lowest BCUT2D eigenvalue weighted by Gasteiger charge is -2.40. The topological polar surface area (TPSA) is 0 Å². The van der Waals surface area contributed by atoms with Crippen LogP contribution in [0.2, 0.25) is 0 Å². The second kappa shape index (κ2) is 15.1. The van der Waals surface area contributed by atoms with Gasteiger partial charge in [0.2, 0.25) is 0 Å². The maximum atomic E-state index is 2.45. The molecule has 0 heterocycles. The fourth-order valence-electron chi connectivity index (χ4n) is 13.3. The fourth-order valence-corrected chi connectivity index (χ4v) is 13.3. The predicted octanol–water partition coefficient (Wildman–Crippen LogP) is 16.6. The molecule has 10 aromatic rings. The Morgan fingerprint density at radius 3 is 0.565 bits per heavy atom. The predicted molar refractivity (Wildman–Crippen MR) is 287 cm³/mol. The van der Waals surface area contributed by atoms with Gasteiger partial charge in [-0.1, -0.05) is 252 Å². The molecule has 0 unspecified atom stereocenters. The van der Waals surface area contributed by atoms with Crippen molar-refractivity contribution in [1.82, 2.24) is 0 Å². The highest BCUT2D eigenvalue weighted by Gasteiger charge is 2.60. The zero-order valence-corrected chi connectivity index (χ0v) is 40.3. The van der Waals surface area contributed by atoms with Crippen LogP contribution in [-0.2, 0) is 16.2 Å². The van der Waals surface area contributed by atoms with Gasteiger partial charge >= 0.3 is 0 Å². The quantitative estimate of drug-likeness (QED) is 0.156. The number of rotatable bonds is 6. The van der Waals surface area contributed by atoms with Gasteiger partial charge in [0.25, 0.3) is 0 Å². The lowest BCUT2D eigenvalue weighted by Crippen LogP contribution is -2.33. The van der Waals surface area contributed by atoms with E-state index in [1.165, 1.54) is 134 Å². The zero-order valence-electron chi connectivity index (χ0n) is 40.3. The van der Waals surface area contributed by atoms with Crippen molar-refractivity contribution < 1.29 is 0 Å². The Morgan fingerprint density at radius 2 is 0.377 bits per heavy atom. The molecule has 0 atom stereocenters. The van der Waals surface area contributed by atoms with E-state index in [4.69, 9.17) is 0 Å². The van der Waals surface area contributed by atoms with Gasteiger partial charge in [0.05, 0.1) is 16.2 Å². The molecule has 0 saturated heterocycles. The van der Waals surface area contributed by atoms with Gasteiger partial charge in [-0.3, -0.25) is 0 Å². The van der Waals surface area contributed by atoms with Crippen LogP contribution in [0, 0.1) is 41.5 Å². The summed E-state index contributed by atoms with van der Waals surface area (Å²) in [7, 11) is 0. The highest BCUT2D eigenvalue weighted by Crippen LogP contribution is 2.72. The number of benzene rings is 10. The molecule has 10 aromatic carbocycles. The Kier molecular flexibility index (Phi) is 9.06. The Balaban J connectivity index is 1.38. The van der Waals surface area contributed by atoms with E-state index in [1.807, 2.05) is 0 Å². The first-order chi connectivity index (χ1) is 33.7. The van der Waals surface area contributed by atoms with E-state index in [9.17, 15) is 0 Å². The highest BCUT2D eigenvalue weighted by atomic mass is 14.6. The maximum Gasteiger partial charge on any atom is 0.0719 e. The lowest BCUT2D eigenvalue weighted by molar-refractivity contribution is 0.739. The average molecular weight is 883 g/mol. The molecule has 0 heteroatoms. The summed E-state index contributed by atoms with van der Waals surface area (Å²) in [6.45, 7) is 13.3. The molecule has 3 aliphatic carbocycles. The van der Waals surface area contributed by atoms with Crippen LogP contribution < -0.4 is 0 Å². The summed E-state index contributed by atoms with van der Waals surface area (Å²) < 4.78 is 0. The smallest absolute Gasteiger partial charge is 0.0619 e. The van der Waals surface area contributed by atoms with E-state index < -0.39 is 16.2 Å². The van der Waals surface area contributed by atoms with E-state index in [-0.39, 0.29) is 0 Å². The van der Waals surface area contributed by atoms with Crippen LogP contribution >= 0.6 is 0 Å². The summed E-state index contributed by atoms with van der Waals surface area (Å²) >= 11 is 0. The van der Waals surface area contributed by atoms with Gasteiger partial charge in [0, 0.05) is 0 Å². The highest BCUT2D eigenvalue weighted by molar-refractivity contribution is 6.09. The first-order valence-electron chi connectivity index (χ1n) is 24.7. The van der Waals surface area contributed by atoms with Gasteiger partial charge in [-0.15, -0.1) is 0 Å². The molecule has 0 fully saturated rings. The molecule has 0 bridgehead atoms. The van der Waals surface area contributed by atoms with Crippen molar-refractivity contribution in [2.45, 2.75) is 57.8 Å². The van der Waals surface area contributed by atoms with Gasteiger partial charge in [0.1, 0.15) is 0 Å². The largest absolute Gasteiger partial charge is 0.0719 e. The van der Waals surface area contributed by atoms with Crippen molar-refractivity contribution in [2.24, 2.45) is 0 Å². The summed E-state index contributed by atoms with van der Waals surface area (Å²) in [5, 5.41) is 0. The van der Waals surface area contributed by atoms with E-state index >= 15 is 0 Å². The summed E-state index contributed by atoms with van der Waals surface area (Å²) in [5.41, 5.74) is 29.1. The molecule has 0 N–H and O–H groups in total. The van der Waals surface area contributed by atoms with Crippen LogP contribution in [0.4, 0.5) is 0 Å². The van der Waals surface area contributed by atoms with Crippen molar-refractivity contribution in [3.63, 3.8) is 0 Å². The van der Waals surface area contributed by atoms with Crippen LogP contribution in [0.3, 0.4) is 0 Å². The summed E-state index contributed by atoms with van der Waals surface area (Å²) in [6.07, 6.45) is 0. The first kappa shape index (κ1) is 41.4. The van der Waals surface area contributed by atoms with Crippen LogP contribution in [0.1, 0.15) is 100 Å². The van der Waals surface area contributed by atoms with Crippen molar-refractivity contribution in [3.8, 4) is 33.4 Å². The molecule has 0 aliphatic heterocycles. The second-order valence-corrected chi connectivity index (χ2v) is 20.3. The van der Waals surface area contributed by atoms with Gasteiger partial charge in [-0.2, -0.15) is 0 Å². The van der Waals surface area contributed by atoms with E-state index in [2.05, 4.69) is 260 Å². The molecule has 0 spiro atoms. The zero-order chi connectivity index (χ0) is 46.8. The van der Waals surface area contributed by atoms with Crippen LogP contribution in [0.25, 0.3) is 33.4 Å². The summed E-state index contributed by atoms with van der Waals surface area (Å²) in [4.78, 5) is 0. The lowest BCUT2D eigenvalue weighted by atomic mass is 9.61. The molecule has 0 aromatic heterocycles. The molecule has 0 amide bonds. The number of fused-ring (bicyclic) bond motifs is 12. The Labute approximate surface area is 407 Å². The van der Waals surface area contributed by atoms with Gasteiger partial charge in [0.15, 0.2) is 0 Å². The minimum atomic E-state index is -0.697. The number of aryl methyl sites for hydroxylation is 6. The van der Waals surface area contributed by atoms with Crippen LogP contribution in [0.15, 0.2) is 218 Å². The van der Waals surface area contributed by atoms with Gasteiger partial charge < -0.3 is 0 Å². The van der Waals surface area contributed by atoms with E-state index in [1.54, 1.807) is 0 Å². The Morgan fingerprint density at radius 1 is 0.203 bits per heavy atom. The van der Waals surface area contributed by atoms with Crippen molar-refractivity contribution in [2.75, 3.05) is 0 Å². The molecule has 13 rings (SSSR count). The minimum Gasteiger partial charge on any atom is -0.0619 e. The fraction of sp³-hybridized carbons (Fsp3) is 0.130. The van der Waals surface area contributed by atoms with Crippen molar-refractivity contribution in [3.05, 3.63) is 319 Å². The monoisotopic (exact) mass is 882 g/mol. The molecule has 3 aliphatic rings. The minimum absolute atomic E-state index is 0.697. The summed E-state index contributed by atoms with van der Waals surface area (Å²) in [6, 6.07) is 85.4. The third-order valence-corrected chi connectivity index (χ3v) is 16.3. The molecule has 0 radical (unpaired) electrons. The summed E-state index contributed by atoms with van der Waals surface area (Å²) in [5.74, 6) is 0. The number of hydrogen-bond donors (Lipinski definition) is 0. The standard InChI is InChI=1S/C69H54/c1-43-19-31-49(32-20-43)67(50-33-21-44(2)22-34-50)58-16-10-7-13-55(58)61-64(67)62-56-14-8-11-17-59(56)68(51-35-23-45(3)24-36-51,52-37-25-46(4)26-38-52)66(62)63-57-15-9-12-18-60(57)69(65(61)63,53-39-27-47(5)28-40-53)54-41-29-48(6)30-42-54/h7-42H,1-6H3. The SMILES string of the molecule is Cc1ccc(C2(c3ccc(C)cc3)c3ccccc3-c3c2c2c(c4c3C(c3ccc(C)cc3)(c3ccc(C)cc3)c3ccccc3-4)C(c3ccc(C)cc3)(c3ccc(C)cc3)c3ccccc3-2)cc1. The van der Waals surface area contributed by atoms with E-state index in [0.717, 1.165) is 0 Å². The number of hydrogen-bond acceptors (Lipinski definition) is 0. The van der Waals surface area contributed by atoms with Crippen LogP contribution in [0.5, 0.6) is 0 Å². The molecule has 69 heavy (non-hydrogen) atoms. The van der Waals surface area contributed by atoms with Gasteiger partial charge in [-0.05, 0) is 142 Å². The molecular weight excluding hydrogens is 829 g/mol. The molecule has 330 valence electrons. The second-order valence-electron chi connectivity index (χ2n) is 20.3. The van der Waals surface area contributed by atoms with Crippen LogP contribution in [-0.4, -0.2) is 0 Å². The first-order valence-corrected chi connectivity index (χ1v) is 24.7. The molecular formula is C69H54. The van der Waals surface area contributed by atoms with Gasteiger partial charge in [-0.25, -0.2) is 0 Å². The maximum absolute atomic E-state index is 2.45. The molecule has 0 nitrogen and oxygen atoms in total. The van der Waals surface area contributed by atoms with Crippen molar-refractivity contribution >= 4 is 0 Å². The van der Waals surface area contributed by atoms with Crippen molar-refractivity contribution in [1.29, 1.82) is 0 Å². The third-order valence-electron chi connectivity index (χ3n) is 16.3. The average Bonchev–Trinajstić information content (AvgIpc) is 3.97. The molecule has 0 saturated carbocycles.